The monoisotopic (exact) mass is 207 g/mol. The molecule has 1 aromatic rings. The van der Waals surface area contributed by atoms with E-state index in [-0.39, 0.29) is 0 Å². The summed E-state index contributed by atoms with van der Waals surface area (Å²) in [6.07, 6.45) is 9.12. The fraction of sp³-hybridized carbons (Fsp3) is 0.750. The van der Waals surface area contributed by atoms with Crippen LogP contribution in [-0.4, -0.2) is 9.55 Å². The molecule has 0 spiro atoms. The van der Waals surface area contributed by atoms with Crippen LogP contribution in [0.15, 0.2) is 12.4 Å². The van der Waals surface area contributed by atoms with Crippen molar-refractivity contribution in [2.75, 3.05) is 5.73 Å². The SMILES string of the molecule is CC(C)C1CCCCC1n1ccnc1N. The molecule has 3 nitrogen and oxygen atoms in total. The Labute approximate surface area is 91.7 Å². The van der Waals surface area contributed by atoms with Gasteiger partial charge >= 0.3 is 0 Å². The smallest absolute Gasteiger partial charge is 0.200 e. The summed E-state index contributed by atoms with van der Waals surface area (Å²) < 4.78 is 2.17. The normalized spacial score (nSPS) is 27.1. The summed E-state index contributed by atoms with van der Waals surface area (Å²) in [7, 11) is 0. The van der Waals surface area contributed by atoms with Gasteiger partial charge in [0.15, 0.2) is 5.95 Å². The van der Waals surface area contributed by atoms with E-state index in [1.54, 1.807) is 6.20 Å². The molecule has 0 radical (unpaired) electrons. The fourth-order valence-electron chi connectivity index (χ4n) is 2.87. The number of nitrogen functional groups attached to an aromatic ring is 1. The average molecular weight is 207 g/mol. The van der Waals surface area contributed by atoms with Crippen molar-refractivity contribution in [3.8, 4) is 0 Å². The number of aromatic nitrogens is 2. The number of nitrogens with two attached hydrogens (primary N) is 1. The lowest BCUT2D eigenvalue weighted by Crippen LogP contribution is -2.27. The molecule has 1 fully saturated rings. The van der Waals surface area contributed by atoms with E-state index in [2.05, 4.69) is 23.4 Å². The molecule has 1 aliphatic carbocycles. The maximum absolute atomic E-state index is 5.89. The quantitative estimate of drug-likeness (QED) is 0.810. The van der Waals surface area contributed by atoms with Crippen LogP contribution in [0.2, 0.25) is 0 Å². The third kappa shape index (κ3) is 2.01. The third-order valence-corrected chi connectivity index (χ3v) is 3.69. The largest absolute Gasteiger partial charge is 0.369 e. The molecule has 84 valence electrons. The second-order valence-corrected chi connectivity index (χ2v) is 4.95. The molecule has 0 saturated heterocycles. The Balaban J connectivity index is 2.21. The van der Waals surface area contributed by atoms with Crippen molar-refractivity contribution in [3.05, 3.63) is 12.4 Å². The van der Waals surface area contributed by atoms with Gasteiger partial charge in [0.2, 0.25) is 0 Å². The molecule has 2 atom stereocenters. The van der Waals surface area contributed by atoms with Gasteiger partial charge in [-0.25, -0.2) is 4.98 Å². The number of anilines is 1. The topological polar surface area (TPSA) is 43.8 Å². The van der Waals surface area contributed by atoms with E-state index in [1.165, 1.54) is 25.7 Å². The molecule has 2 rings (SSSR count). The Kier molecular flexibility index (Phi) is 2.98. The van der Waals surface area contributed by atoms with Crippen molar-refractivity contribution >= 4 is 5.95 Å². The fourth-order valence-corrected chi connectivity index (χ4v) is 2.87. The van der Waals surface area contributed by atoms with E-state index in [9.17, 15) is 0 Å². The molecular weight excluding hydrogens is 186 g/mol. The highest BCUT2D eigenvalue weighted by molar-refractivity contribution is 5.18. The maximum atomic E-state index is 5.89. The molecular formula is C12H21N3. The maximum Gasteiger partial charge on any atom is 0.200 e. The van der Waals surface area contributed by atoms with Crippen molar-refractivity contribution in [2.45, 2.75) is 45.6 Å². The first-order chi connectivity index (χ1) is 7.20. The van der Waals surface area contributed by atoms with Crippen LogP contribution < -0.4 is 5.73 Å². The molecule has 2 N–H and O–H groups in total. The summed E-state index contributed by atoms with van der Waals surface area (Å²) in [5, 5.41) is 0. The second kappa shape index (κ2) is 4.25. The number of imidazole rings is 1. The van der Waals surface area contributed by atoms with Crippen molar-refractivity contribution < 1.29 is 0 Å². The van der Waals surface area contributed by atoms with Crippen LogP contribution in [0.5, 0.6) is 0 Å². The van der Waals surface area contributed by atoms with Gasteiger partial charge in [-0.3, -0.25) is 0 Å². The lowest BCUT2D eigenvalue weighted by Gasteiger charge is -2.35. The Morgan fingerprint density at radius 2 is 2.13 bits per heavy atom. The molecule has 1 heterocycles. The highest BCUT2D eigenvalue weighted by Crippen LogP contribution is 2.39. The van der Waals surface area contributed by atoms with E-state index in [4.69, 9.17) is 5.73 Å². The summed E-state index contributed by atoms with van der Waals surface area (Å²) >= 11 is 0. The molecule has 1 aliphatic rings. The molecule has 3 heteroatoms. The predicted molar refractivity (Wildman–Crippen MR) is 62.5 cm³/mol. The van der Waals surface area contributed by atoms with E-state index in [1.807, 2.05) is 6.20 Å². The first kappa shape index (κ1) is 10.5. The summed E-state index contributed by atoms with van der Waals surface area (Å²) in [5.41, 5.74) is 5.89. The van der Waals surface area contributed by atoms with Gasteiger partial charge < -0.3 is 10.3 Å². The van der Waals surface area contributed by atoms with Crippen LogP contribution in [-0.2, 0) is 0 Å². The van der Waals surface area contributed by atoms with Crippen LogP contribution in [0.25, 0.3) is 0 Å². The highest BCUT2D eigenvalue weighted by Gasteiger charge is 2.29. The lowest BCUT2D eigenvalue weighted by molar-refractivity contribution is 0.186. The van der Waals surface area contributed by atoms with Gasteiger partial charge in [-0.05, 0) is 24.7 Å². The van der Waals surface area contributed by atoms with Gasteiger partial charge in [-0.2, -0.15) is 0 Å². The first-order valence-corrected chi connectivity index (χ1v) is 5.98. The Morgan fingerprint density at radius 3 is 2.73 bits per heavy atom. The minimum absolute atomic E-state index is 0.571. The van der Waals surface area contributed by atoms with Crippen molar-refractivity contribution in [1.29, 1.82) is 0 Å². The highest BCUT2D eigenvalue weighted by atomic mass is 15.2. The average Bonchev–Trinajstić information content (AvgIpc) is 2.64. The summed E-state index contributed by atoms with van der Waals surface area (Å²) in [4.78, 5) is 4.13. The van der Waals surface area contributed by atoms with E-state index >= 15 is 0 Å². The van der Waals surface area contributed by atoms with E-state index < -0.39 is 0 Å². The second-order valence-electron chi connectivity index (χ2n) is 4.95. The Morgan fingerprint density at radius 1 is 1.40 bits per heavy atom. The predicted octanol–water partition coefficient (Wildman–Crippen LogP) is 2.85. The van der Waals surface area contributed by atoms with Gasteiger partial charge in [-0.15, -0.1) is 0 Å². The van der Waals surface area contributed by atoms with Crippen molar-refractivity contribution in [1.82, 2.24) is 9.55 Å². The number of hydrogen-bond donors (Lipinski definition) is 1. The van der Waals surface area contributed by atoms with Gasteiger partial charge in [-0.1, -0.05) is 26.7 Å². The summed E-state index contributed by atoms with van der Waals surface area (Å²) in [6.45, 7) is 4.63. The van der Waals surface area contributed by atoms with Gasteiger partial charge in [0.25, 0.3) is 0 Å². The third-order valence-electron chi connectivity index (χ3n) is 3.69. The molecule has 0 aliphatic heterocycles. The minimum Gasteiger partial charge on any atom is -0.369 e. The standard InChI is InChI=1S/C12H21N3/c1-9(2)10-5-3-4-6-11(10)15-8-7-14-12(15)13/h7-11H,3-6H2,1-2H3,(H2,13,14). The molecule has 0 bridgehead atoms. The lowest BCUT2D eigenvalue weighted by atomic mass is 9.78. The molecule has 2 unspecified atom stereocenters. The Hall–Kier alpha value is -0.990. The summed E-state index contributed by atoms with van der Waals surface area (Å²) in [5.74, 6) is 2.17. The van der Waals surface area contributed by atoms with Gasteiger partial charge in [0.1, 0.15) is 0 Å². The van der Waals surface area contributed by atoms with E-state index in [0.29, 0.717) is 12.0 Å². The molecule has 1 aromatic heterocycles. The number of rotatable bonds is 2. The van der Waals surface area contributed by atoms with E-state index in [0.717, 1.165) is 11.8 Å². The van der Waals surface area contributed by atoms with Crippen LogP contribution in [0.4, 0.5) is 5.95 Å². The van der Waals surface area contributed by atoms with Gasteiger partial charge in [0.05, 0.1) is 0 Å². The zero-order valence-electron chi connectivity index (χ0n) is 9.69. The first-order valence-electron chi connectivity index (χ1n) is 5.98. The molecule has 15 heavy (non-hydrogen) atoms. The van der Waals surface area contributed by atoms with Crippen molar-refractivity contribution in [3.63, 3.8) is 0 Å². The zero-order valence-corrected chi connectivity index (χ0v) is 9.69. The van der Waals surface area contributed by atoms with Crippen LogP contribution in [0.1, 0.15) is 45.6 Å². The number of hydrogen-bond acceptors (Lipinski definition) is 2. The summed E-state index contributed by atoms with van der Waals surface area (Å²) in [6, 6.07) is 0.571. The molecule has 0 aromatic carbocycles. The molecule has 0 amide bonds. The Bertz CT molecular complexity index is 316. The molecule has 1 saturated carbocycles. The van der Waals surface area contributed by atoms with Crippen LogP contribution in [0.3, 0.4) is 0 Å². The minimum atomic E-state index is 0.571. The van der Waals surface area contributed by atoms with Crippen molar-refractivity contribution in [2.24, 2.45) is 11.8 Å². The van der Waals surface area contributed by atoms with Gasteiger partial charge in [0, 0.05) is 18.4 Å². The van der Waals surface area contributed by atoms with Crippen LogP contribution in [0, 0.1) is 11.8 Å². The zero-order chi connectivity index (χ0) is 10.8. The van der Waals surface area contributed by atoms with Crippen LogP contribution >= 0.6 is 0 Å². The number of nitrogens with zero attached hydrogens (tertiary/aromatic N) is 2.